The van der Waals surface area contributed by atoms with Crippen LogP contribution in [0.5, 0.6) is 0 Å². The molecule has 1 aromatic heterocycles. The second kappa shape index (κ2) is 4.72. The molecular formula is C13H15N3O3. The van der Waals surface area contributed by atoms with E-state index in [0.717, 1.165) is 11.0 Å². The Morgan fingerprint density at radius 3 is 2.74 bits per heavy atom. The van der Waals surface area contributed by atoms with Crippen molar-refractivity contribution in [3.63, 3.8) is 0 Å². The summed E-state index contributed by atoms with van der Waals surface area (Å²) < 4.78 is 4.97. The van der Waals surface area contributed by atoms with Gasteiger partial charge in [0.05, 0.1) is 17.4 Å². The second-order valence-electron chi connectivity index (χ2n) is 5.09. The summed E-state index contributed by atoms with van der Waals surface area (Å²) in [4.78, 5) is 30.2. The Labute approximate surface area is 110 Å². The van der Waals surface area contributed by atoms with Gasteiger partial charge in [-0.2, -0.15) is 0 Å². The topological polar surface area (TPSA) is 84.1 Å². The van der Waals surface area contributed by atoms with E-state index in [-0.39, 0.29) is 0 Å². The number of anilines is 1. The molecule has 1 amide bonds. The number of aromatic amines is 1. The number of nitrogens with zero attached hydrogens (tertiary/aromatic N) is 1. The van der Waals surface area contributed by atoms with Crippen LogP contribution in [0.3, 0.4) is 0 Å². The summed E-state index contributed by atoms with van der Waals surface area (Å²) in [6, 6.07) is 5.12. The number of fused-ring (bicyclic) bond motifs is 1. The molecule has 2 N–H and O–H groups in total. The Bertz CT molecular complexity index is 625. The lowest BCUT2D eigenvalue weighted by Crippen LogP contribution is -2.32. The van der Waals surface area contributed by atoms with Gasteiger partial charge in [-0.25, -0.2) is 9.78 Å². The molecule has 19 heavy (non-hydrogen) atoms. The predicted molar refractivity (Wildman–Crippen MR) is 70.6 cm³/mol. The van der Waals surface area contributed by atoms with Gasteiger partial charge in [0.1, 0.15) is 5.60 Å². The highest BCUT2D eigenvalue weighted by Crippen LogP contribution is 2.16. The van der Waals surface area contributed by atoms with Crippen LogP contribution in [-0.4, -0.2) is 27.4 Å². The lowest BCUT2D eigenvalue weighted by atomic mass is 10.2. The third kappa shape index (κ3) is 3.31. The molecule has 0 saturated heterocycles. The molecule has 1 heterocycles. The van der Waals surface area contributed by atoms with E-state index in [1.165, 1.54) is 0 Å². The summed E-state index contributed by atoms with van der Waals surface area (Å²) in [5.74, 6) is -1.70. The molecule has 0 radical (unpaired) electrons. The number of hydrogen-bond donors (Lipinski definition) is 2. The molecule has 0 bridgehead atoms. The van der Waals surface area contributed by atoms with Crippen LogP contribution in [-0.2, 0) is 14.3 Å². The Balaban J connectivity index is 2.07. The molecule has 6 nitrogen and oxygen atoms in total. The number of aromatic nitrogens is 2. The van der Waals surface area contributed by atoms with Gasteiger partial charge < -0.3 is 15.0 Å². The van der Waals surface area contributed by atoms with E-state index in [9.17, 15) is 9.59 Å². The van der Waals surface area contributed by atoms with Crippen LogP contribution in [0.2, 0.25) is 0 Å². The third-order valence-corrected chi connectivity index (χ3v) is 2.26. The van der Waals surface area contributed by atoms with Crippen LogP contribution in [0.25, 0.3) is 11.0 Å². The number of hydrogen-bond acceptors (Lipinski definition) is 4. The Kier molecular flexibility index (Phi) is 3.25. The van der Waals surface area contributed by atoms with E-state index in [2.05, 4.69) is 15.3 Å². The minimum Gasteiger partial charge on any atom is -0.453 e. The minimum atomic E-state index is -0.905. The highest BCUT2D eigenvalue weighted by atomic mass is 16.6. The van der Waals surface area contributed by atoms with E-state index < -0.39 is 17.5 Å². The van der Waals surface area contributed by atoms with Crippen molar-refractivity contribution in [1.82, 2.24) is 9.97 Å². The standard InChI is InChI=1S/C13H15N3O3/c1-13(2,3)19-12(18)11(17)16-8-4-5-9-10(6-8)15-7-14-9/h4-7H,1-3H3,(H,14,15)(H,16,17). The van der Waals surface area contributed by atoms with Gasteiger partial charge in [-0.15, -0.1) is 0 Å². The minimum absolute atomic E-state index is 0.507. The predicted octanol–water partition coefficient (Wildman–Crippen LogP) is 1.84. The molecule has 0 aliphatic carbocycles. The van der Waals surface area contributed by atoms with E-state index in [1.807, 2.05) is 0 Å². The van der Waals surface area contributed by atoms with Crippen molar-refractivity contribution < 1.29 is 14.3 Å². The largest absolute Gasteiger partial charge is 0.453 e. The molecule has 100 valence electrons. The van der Waals surface area contributed by atoms with Crippen molar-refractivity contribution in [3.05, 3.63) is 24.5 Å². The number of H-pyrrole nitrogens is 1. The number of carbonyl (C=O) groups is 2. The summed E-state index contributed by atoms with van der Waals surface area (Å²) >= 11 is 0. The fraction of sp³-hybridized carbons (Fsp3) is 0.308. The second-order valence-corrected chi connectivity index (χ2v) is 5.09. The number of esters is 1. The van der Waals surface area contributed by atoms with Gasteiger partial charge in [0, 0.05) is 5.69 Å². The summed E-state index contributed by atoms with van der Waals surface area (Å²) in [5.41, 5.74) is 1.38. The van der Waals surface area contributed by atoms with Crippen molar-refractivity contribution in [2.45, 2.75) is 26.4 Å². The molecule has 0 aliphatic rings. The Hall–Kier alpha value is -2.37. The van der Waals surface area contributed by atoms with Crippen molar-refractivity contribution in [2.75, 3.05) is 5.32 Å². The fourth-order valence-electron chi connectivity index (χ4n) is 1.52. The number of ether oxygens (including phenoxy) is 1. The van der Waals surface area contributed by atoms with E-state index in [0.29, 0.717) is 5.69 Å². The quantitative estimate of drug-likeness (QED) is 0.606. The monoisotopic (exact) mass is 261 g/mol. The van der Waals surface area contributed by atoms with Gasteiger partial charge in [0.25, 0.3) is 0 Å². The maximum atomic E-state index is 11.7. The van der Waals surface area contributed by atoms with Crippen molar-refractivity contribution in [1.29, 1.82) is 0 Å². The molecule has 0 unspecified atom stereocenters. The lowest BCUT2D eigenvalue weighted by Gasteiger charge is -2.18. The number of rotatable bonds is 1. The Morgan fingerprint density at radius 1 is 1.32 bits per heavy atom. The third-order valence-electron chi connectivity index (χ3n) is 2.26. The zero-order chi connectivity index (χ0) is 14.0. The van der Waals surface area contributed by atoms with Crippen LogP contribution in [0, 0.1) is 0 Å². The first kappa shape index (κ1) is 13.1. The zero-order valence-electron chi connectivity index (χ0n) is 11.0. The van der Waals surface area contributed by atoms with Crippen molar-refractivity contribution in [3.8, 4) is 0 Å². The van der Waals surface area contributed by atoms with Crippen LogP contribution < -0.4 is 5.32 Å². The first-order valence-corrected chi connectivity index (χ1v) is 5.83. The molecule has 0 saturated carbocycles. The smallest absolute Gasteiger partial charge is 0.397 e. The number of amides is 1. The summed E-state index contributed by atoms with van der Waals surface area (Å²) in [6.45, 7) is 5.11. The fourth-order valence-corrected chi connectivity index (χ4v) is 1.52. The molecule has 6 heteroatoms. The van der Waals surface area contributed by atoms with E-state index in [4.69, 9.17) is 4.74 Å². The molecule has 0 atom stereocenters. The highest BCUT2D eigenvalue weighted by molar-refractivity contribution is 6.37. The average Bonchev–Trinajstić information content (AvgIpc) is 2.73. The zero-order valence-corrected chi connectivity index (χ0v) is 11.0. The first-order chi connectivity index (χ1) is 8.85. The van der Waals surface area contributed by atoms with E-state index >= 15 is 0 Å². The van der Waals surface area contributed by atoms with Crippen LogP contribution >= 0.6 is 0 Å². The molecular weight excluding hydrogens is 246 g/mol. The summed E-state index contributed by atoms with van der Waals surface area (Å²) in [6.07, 6.45) is 1.56. The maximum absolute atomic E-state index is 11.7. The number of carbonyl (C=O) groups excluding carboxylic acids is 2. The summed E-state index contributed by atoms with van der Waals surface area (Å²) in [5, 5.41) is 2.48. The van der Waals surface area contributed by atoms with Gasteiger partial charge >= 0.3 is 11.9 Å². The van der Waals surface area contributed by atoms with Crippen LogP contribution in [0.4, 0.5) is 5.69 Å². The molecule has 1 aromatic carbocycles. The number of benzene rings is 1. The first-order valence-electron chi connectivity index (χ1n) is 5.83. The SMILES string of the molecule is CC(C)(C)OC(=O)C(=O)Nc1ccc2nc[nH]c2c1. The van der Waals surface area contributed by atoms with Gasteiger partial charge in [0.15, 0.2) is 0 Å². The number of imidazole rings is 1. The van der Waals surface area contributed by atoms with Gasteiger partial charge in [-0.3, -0.25) is 4.79 Å². The van der Waals surface area contributed by atoms with Crippen molar-refractivity contribution >= 4 is 28.6 Å². The van der Waals surface area contributed by atoms with Gasteiger partial charge in [-0.05, 0) is 39.0 Å². The normalized spacial score (nSPS) is 11.3. The molecule has 0 fully saturated rings. The van der Waals surface area contributed by atoms with Gasteiger partial charge in [-0.1, -0.05) is 0 Å². The lowest BCUT2D eigenvalue weighted by molar-refractivity contribution is -0.161. The Morgan fingerprint density at radius 2 is 2.05 bits per heavy atom. The molecule has 2 rings (SSSR count). The highest BCUT2D eigenvalue weighted by Gasteiger charge is 2.22. The van der Waals surface area contributed by atoms with Crippen LogP contribution in [0.15, 0.2) is 24.5 Å². The average molecular weight is 261 g/mol. The van der Waals surface area contributed by atoms with Gasteiger partial charge in [0.2, 0.25) is 0 Å². The molecule has 0 aliphatic heterocycles. The van der Waals surface area contributed by atoms with E-state index in [1.54, 1.807) is 45.3 Å². The number of nitrogens with one attached hydrogen (secondary N) is 2. The molecule has 2 aromatic rings. The van der Waals surface area contributed by atoms with Crippen molar-refractivity contribution in [2.24, 2.45) is 0 Å². The van der Waals surface area contributed by atoms with Crippen LogP contribution in [0.1, 0.15) is 20.8 Å². The summed E-state index contributed by atoms with van der Waals surface area (Å²) in [7, 11) is 0. The maximum Gasteiger partial charge on any atom is 0.397 e. The molecule has 0 spiro atoms.